The number of nitrogens with zero attached hydrogens (tertiary/aromatic N) is 7. The van der Waals surface area contributed by atoms with Gasteiger partial charge < -0.3 is 20.9 Å². The molecule has 0 aromatic carbocycles. The van der Waals surface area contributed by atoms with Gasteiger partial charge in [-0.25, -0.2) is 18.3 Å². The monoisotopic (exact) mass is 553 g/mol. The number of pyridine rings is 1. The second-order valence-corrected chi connectivity index (χ2v) is 10.9. The number of halogens is 2. The van der Waals surface area contributed by atoms with Gasteiger partial charge in [-0.3, -0.25) is 19.5 Å². The molecule has 3 aromatic heterocycles. The zero-order valence-electron chi connectivity index (χ0n) is 22.2. The minimum Gasteiger partial charge on any atom is -0.381 e. The maximum absolute atomic E-state index is 15.1. The van der Waals surface area contributed by atoms with E-state index in [-0.39, 0.29) is 40.2 Å². The molecule has 3 aliphatic rings. The number of nitrogens with one attached hydrogen (secondary N) is 1. The molecule has 1 atom stereocenters. The van der Waals surface area contributed by atoms with Crippen molar-refractivity contribution in [2.45, 2.75) is 44.6 Å². The maximum Gasteiger partial charge on any atom is 0.263 e. The SMILES string of the molecule is Nc1nn2cc(F)cnc2c1C(=O)Nc1cncc(F)c1N1CCC(C(=O)N2CCC(N3CCCCC3)C2)CC1. The standard InChI is InChI=1S/C27H33F2N9O2/c28-18-12-32-25-22(24(30)34-38(25)15-18)26(39)33-21-14-31-13-20(29)23(21)36-9-4-17(5-10-36)27(40)37-11-6-19(16-37)35-7-2-1-3-8-35/h12-15,17,19H,1-11,16H2,(H2,30,34)(H,33,39). The predicted molar refractivity (Wildman–Crippen MR) is 145 cm³/mol. The van der Waals surface area contributed by atoms with E-state index in [1.807, 2.05) is 9.80 Å². The predicted octanol–water partition coefficient (Wildman–Crippen LogP) is 2.54. The molecule has 3 aliphatic heterocycles. The van der Waals surface area contributed by atoms with Crippen molar-refractivity contribution in [1.82, 2.24) is 29.4 Å². The Morgan fingerprint density at radius 1 is 0.975 bits per heavy atom. The second kappa shape index (κ2) is 11.0. The molecule has 0 aliphatic carbocycles. The van der Waals surface area contributed by atoms with Crippen LogP contribution in [0.1, 0.15) is 48.9 Å². The molecule has 0 radical (unpaired) electrons. The zero-order chi connectivity index (χ0) is 27.8. The second-order valence-electron chi connectivity index (χ2n) is 10.9. The van der Waals surface area contributed by atoms with Gasteiger partial charge in [0.25, 0.3) is 5.91 Å². The number of hydrogen-bond acceptors (Lipinski definition) is 8. The van der Waals surface area contributed by atoms with Gasteiger partial charge >= 0.3 is 0 Å². The molecule has 6 heterocycles. The summed E-state index contributed by atoms with van der Waals surface area (Å²) in [5.41, 5.74) is 6.32. The summed E-state index contributed by atoms with van der Waals surface area (Å²) in [7, 11) is 0. The van der Waals surface area contributed by atoms with Crippen LogP contribution in [-0.2, 0) is 4.79 Å². The van der Waals surface area contributed by atoms with Gasteiger partial charge in [-0.05, 0) is 45.2 Å². The van der Waals surface area contributed by atoms with Crippen molar-refractivity contribution in [2.75, 3.05) is 55.2 Å². The van der Waals surface area contributed by atoms with Crippen LogP contribution in [0.5, 0.6) is 0 Å². The minimum absolute atomic E-state index is 0.0482. The third-order valence-electron chi connectivity index (χ3n) is 8.36. The number of aromatic nitrogens is 4. The average Bonchev–Trinajstić information content (AvgIpc) is 3.57. The van der Waals surface area contributed by atoms with Crippen LogP contribution in [0, 0.1) is 17.6 Å². The third-order valence-corrected chi connectivity index (χ3v) is 8.36. The number of carbonyl (C=O) groups is 2. The Labute approximate surface area is 230 Å². The number of carbonyl (C=O) groups excluding carboxylic acids is 2. The molecule has 13 heteroatoms. The molecular weight excluding hydrogens is 520 g/mol. The Kier molecular flexibility index (Phi) is 7.22. The molecule has 3 saturated heterocycles. The van der Waals surface area contributed by atoms with Crippen molar-refractivity contribution in [3.05, 3.63) is 42.0 Å². The molecule has 11 nitrogen and oxygen atoms in total. The molecule has 0 bridgehead atoms. The number of rotatable bonds is 5. The smallest absolute Gasteiger partial charge is 0.263 e. The molecule has 212 valence electrons. The highest BCUT2D eigenvalue weighted by Crippen LogP contribution is 2.34. The number of nitrogens with two attached hydrogens (primary N) is 1. The highest BCUT2D eigenvalue weighted by Gasteiger charge is 2.36. The molecule has 40 heavy (non-hydrogen) atoms. The van der Waals surface area contributed by atoms with Crippen molar-refractivity contribution in [3.8, 4) is 0 Å². The summed E-state index contributed by atoms with van der Waals surface area (Å²) in [6.45, 7) is 4.76. The first-order valence-corrected chi connectivity index (χ1v) is 13.9. The van der Waals surface area contributed by atoms with Gasteiger partial charge in [-0.15, -0.1) is 5.10 Å². The Hall–Kier alpha value is -3.87. The van der Waals surface area contributed by atoms with Crippen molar-refractivity contribution >= 4 is 34.7 Å². The normalized spacial score (nSPS) is 20.8. The summed E-state index contributed by atoms with van der Waals surface area (Å²) in [6, 6.07) is 0.456. The number of fused-ring (bicyclic) bond motifs is 1. The summed E-state index contributed by atoms with van der Waals surface area (Å²) < 4.78 is 29.7. The van der Waals surface area contributed by atoms with Gasteiger partial charge in [-0.2, -0.15) is 0 Å². The van der Waals surface area contributed by atoms with Crippen molar-refractivity contribution < 1.29 is 18.4 Å². The van der Waals surface area contributed by atoms with Crippen molar-refractivity contribution in [2.24, 2.45) is 5.92 Å². The molecule has 1 unspecified atom stereocenters. The van der Waals surface area contributed by atoms with Crippen LogP contribution in [0.2, 0.25) is 0 Å². The molecule has 2 amide bonds. The number of anilines is 3. The van der Waals surface area contributed by atoms with Gasteiger partial charge in [0.1, 0.15) is 11.3 Å². The zero-order valence-corrected chi connectivity index (χ0v) is 22.2. The quantitative estimate of drug-likeness (QED) is 0.494. The molecule has 3 aromatic rings. The van der Waals surface area contributed by atoms with E-state index in [9.17, 15) is 14.0 Å². The number of nitrogen functional groups attached to an aromatic ring is 1. The summed E-state index contributed by atoms with van der Waals surface area (Å²) in [6.07, 6.45) is 10.5. The molecule has 3 fully saturated rings. The largest absolute Gasteiger partial charge is 0.381 e. The van der Waals surface area contributed by atoms with E-state index in [1.165, 1.54) is 25.5 Å². The first-order chi connectivity index (χ1) is 19.4. The number of amides is 2. The van der Waals surface area contributed by atoms with Crippen LogP contribution in [-0.4, -0.2) is 86.5 Å². The van der Waals surface area contributed by atoms with E-state index < -0.39 is 17.5 Å². The lowest BCUT2D eigenvalue weighted by Crippen LogP contribution is -2.44. The van der Waals surface area contributed by atoms with Gasteiger partial charge in [-0.1, -0.05) is 6.42 Å². The minimum atomic E-state index is -0.664. The summed E-state index contributed by atoms with van der Waals surface area (Å²) >= 11 is 0. The van der Waals surface area contributed by atoms with Gasteiger partial charge in [0.2, 0.25) is 5.91 Å². The molecule has 0 spiro atoms. The fourth-order valence-electron chi connectivity index (χ4n) is 6.30. The van der Waals surface area contributed by atoms with E-state index in [0.29, 0.717) is 32.0 Å². The van der Waals surface area contributed by atoms with E-state index in [1.54, 1.807) is 0 Å². The Morgan fingerprint density at radius 3 is 2.52 bits per heavy atom. The highest BCUT2D eigenvalue weighted by molar-refractivity contribution is 6.12. The lowest BCUT2D eigenvalue weighted by atomic mass is 9.95. The van der Waals surface area contributed by atoms with Crippen molar-refractivity contribution in [1.29, 1.82) is 0 Å². The van der Waals surface area contributed by atoms with Crippen LogP contribution in [0.25, 0.3) is 5.65 Å². The first kappa shape index (κ1) is 26.4. The van der Waals surface area contributed by atoms with Crippen LogP contribution in [0.3, 0.4) is 0 Å². The third kappa shape index (κ3) is 5.05. The fraction of sp³-hybridized carbons (Fsp3) is 0.519. The summed E-state index contributed by atoms with van der Waals surface area (Å²) in [4.78, 5) is 40.7. The molecule has 3 N–H and O–H groups in total. The van der Waals surface area contributed by atoms with Crippen molar-refractivity contribution in [3.63, 3.8) is 0 Å². The van der Waals surface area contributed by atoms with E-state index in [2.05, 4.69) is 25.3 Å². The molecule has 6 rings (SSSR count). The Balaban J connectivity index is 1.12. The maximum atomic E-state index is 15.1. The van der Waals surface area contributed by atoms with E-state index >= 15 is 4.39 Å². The summed E-state index contributed by atoms with van der Waals surface area (Å²) in [5.74, 6) is -1.93. The highest BCUT2D eigenvalue weighted by atomic mass is 19.1. The fourth-order valence-corrected chi connectivity index (χ4v) is 6.30. The van der Waals surface area contributed by atoms with Gasteiger partial charge in [0.05, 0.1) is 30.5 Å². The lowest BCUT2D eigenvalue weighted by Gasteiger charge is -2.36. The lowest BCUT2D eigenvalue weighted by molar-refractivity contribution is -0.135. The topological polar surface area (TPSA) is 125 Å². The Morgan fingerprint density at radius 2 is 1.75 bits per heavy atom. The van der Waals surface area contributed by atoms with Gasteiger partial charge in [0, 0.05) is 38.1 Å². The van der Waals surface area contributed by atoms with Crippen LogP contribution >= 0.6 is 0 Å². The number of hydrogen-bond donors (Lipinski definition) is 2. The first-order valence-electron chi connectivity index (χ1n) is 13.9. The van der Waals surface area contributed by atoms with Crippen LogP contribution < -0.4 is 16.0 Å². The summed E-state index contributed by atoms with van der Waals surface area (Å²) in [5, 5.41) is 6.63. The Bertz CT molecular complexity index is 1420. The number of likely N-dealkylation sites (tertiary alicyclic amines) is 2. The number of piperidine rings is 2. The van der Waals surface area contributed by atoms with Gasteiger partial charge in [0.15, 0.2) is 23.1 Å². The van der Waals surface area contributed by atoms with E-state index in [0.717, 1.165) is 55.7 Å². The van der Waals surface area contributed by atoms with Crippen LogP contribution in [0.4, 0.5) is 26.0 Å². The molecular formula is C27H33F2N9O2. The molecule has 0 saturated carbocycles. The van der Waals surface area contributed by atoms with E-state index in [4.69, 9.17) is 5.73 Å². The average molecular weight is 554 g/mol. The van der Waals surface area contributed by atoms with Crippen LogP contribution in [0.15, 0.2) is 24.8 Å².